The molecule has 8 heteroatoms. The van der Waals surface area contributed by atoms with E-state index in [1.165, 1.54) is 32.2 Å². The lowest BCUT2D eigenvalue weighted by atomic mass is 10.1. The summed E-state index contributed by atoms with van der Waals surface area (Å²) in [6.45, 7) is 1.54. The van der Waals surface area contributed by atoms with Crippen LogP contribution in [-0.2, 0) is 14.8 Å². The molecule has 0 amide bonds. The van der Waals surface area contributed by atoms with E-state index in [4.69, 9.17) is 21.4 Å². The number of carboxylic acid groups (broad SMARTS) is 1. The molecule has 0 aromatic heterocycles. The highest BCUT2D eigenvalue weighted by Gasteiger charge is 2.20. The molecule has 0 bridgehead atoms. The maximum atomic E-state index is 12.1. The molecule has 2 N–H and O–H groups in total. The van der Waals surface area contributed by atoms with Crippen LogP contribution in [0.3, 0.4) is 0 Å². The molecule has 0 aliphatic heterocycles. The Balaban J connectivity index is 2.82. The van der Waals surface area contributed by atoms with Crippen molar-refractivity contribution in [1.29, 1.82) is 0 Å². The van der Waals surface area contributed by atoms with Crippen LogP contribution in [-0.4, -0.2) is 33.1 Å². The summed E-state index contributed by atoms with van der Waals surface area (Å²) >= 11 is 5.77. The Kier molecular flexibility index (Phi) is 5.79. The number of carboxylic acids is 1. The van der Waals surface area contributed by atoms with Gasteiger partial charge in [-0.15, -0.1) is 0 Å². The molecule has 6 nitrogen and oxygen atoms in total. The van der Waals surface area contributed by atoms with Crippen molar-refractivity contribution in [3.05, 3.63) is 23.2 Å². The van der Waals surface area contributed by atoms with E-state index in [1.54, 1.807) is 0 Å². The number of hydrogen-bond acceptors (Lipinski definition) is 4. The Morgan fingerprint density at radius 1 is 1.50 bits per heavy atom. The van der Waals surface area contributed by atoms with Gasteiger partial charge in [-0.1, -0.05) is 18.5 Å². The second kappa shape index (κ2) is 6.92. The summed E-state index contributed by atoms with van der Waals surface area (Å²) in [7, 11) is -2.42. The molecule has 1 atom stereocenters. The van der Waals surface area contributed by atoms with E-state index in [0.29, 0.717) is 5.02 Å². The number of methoxy groups -OCH3 is 1. The number of aliphatic carboxylic acids is 1. The van der Waals surface area contributed by atoms with Gasteiger partial charge in [-0.05, 0) is 18.6 Å². The molecule has 112 valence electrons. The molecule has 1 unspecified atom stereocenters. The lowest BCUT2D eigenvalue weighted by molar-refractivity contribution is -0.141. The standard InChI is InChI=1S/C12H16ClNO5S/c1-8(12(15)16)5-6-14-20(17,18)11-4-3-9(13)7-10(11)19-2/h3-4,7-8,14H,5-6H2,1-2H3,(H,15,16). The molecule has 0 spiro atoms. The summed E-state index contributed by atoms with van der Waals surface area (Å²) in [5.74, 6) is -1.45. The zero-order valence-corrected chi connectivity index (χ0v) is 12.7. The molecule has 1 aromatic rings. The molecule has 20 heavy (non-hydrogen) atoms. The Morgan fingerprint density at radius 2 is 2.15 bits per heavy atom. The lowest BCUT2D eigenvalue weighted by Gasteiger charge is -2.12. The number of halogens is 1. The van der Waals surface area contributed by atoms with Crippen molar-refractivity contribution in [3.8, 4) is 5.75 Å². The average Bonchev–Trinajstić information content (AvgIpc) is 2.37. The zero-order valence-electron chi connectivity index (χ0n) is 11.1. The summed E-state index contributed by atoms with van der Waals surface area (Å²) in [5, 5.41) is 9.09. The number of rotatable bonds is 7. The van der Waals surface area contributed by atoms with Gasteiger partial charge in [-0.2, -0.15) is 0 Å². The van der Waals surface area contributed by atoms with Crippen molar-refractivity contribution in [3.63, 3.8) is 0 Å². The molecule has 0 radical (unpaired) electrons. The Hall–Kier alpha value is -1.31. The molecule has 0 saturated carbocycles. The van der Waals surface area contributed by atoms with Crippen LogP contribution in [0.4, 0.5) is 0 Å². The van der Waals surface area contributed by atoms with Crippen molar-refractivity contribution < 1.29 is 23.1 Å². The fraction of sp³-hybridized carbons (Fsp3) is 0.417. The quantitative estimate of drug-likeness (QED) is 0.798. The maximum absolute atomic E-state index is 12.1. The van der Waals surface area contributed by atoms with Crippen molar-refractivity contribution >= 4 is 27.6 Å². The topological polar surface area (TPSA) is 92.7 Å². The number of hydrogen-bond donors (Lipinski definition) is 2. The van der Waals surface area contributed by atoms with Gasteiger partial charge < -0.3 is 9.84 Å². The Morgan fingerprint density at radius 3 is 2.70 bits per heavy atom. The highest BCUT2D eigenvalue weighted by molar-refractivity contribution is 7.89. The van der Waals surface area contributed by atoms with Gasteiger partial charge in [-0.3, -0.25) is 4.79 Å². The largest absolute Gasteiger partial charge is 0.495 e. The smallest absolute Gasteiger partial charge is 0.306 e. The Bertz CT molecular complexity index is 588. The number of sulfonamides is 1. The fourth-order valence-corrected chi connectivity index (χ4v) is 2.83. The third kappa shape index (κ3) is 4.36. The number of benzene rings is 1. The minimum absolute atomic E-state index is 0.0293. The lowest BCUT2D eigenvalue weighted by Crippen LogP contribution is -2.27. The number of nitrogens with one attached hydrogen (secondary N) is 1. The van der Waals surface area contributed by atoms with E-state index >= 15 is 0 Å². The SMILES string of the molecule is COc1cc(Cl)ccc1S(=O)(=O)NCCC(C)C(=O)O. The highest BCUT2D eigenvalue weighted by atomic mass is 35.5. The summed E-state index contributed by atoms with van der Waals surface area (Å²) < 4.78 is 31.5. The first-order chi connectivity index (χ1) is 9.27. The minimum Gasteiger partial charge on any atom is -0.495 e. The molecule has 0 aliphatic carbocycles. The van der Waals surface area contributed by atoms with Crippen LogP contribution >= 0.6 is 11.6 Å². The highest BCUT2D eigenvalue weighted by Crippen LogP contribution is 2.26. The average molecular weight is 322 g/mol. The summed E-state index contributed by atoms with van der Waals surface area (Å²) in [5.41, 5.74) is 0. The summed E-state index contributed by atoms with van der Waals surface area (Å²) in [4.78, 5) is 10.6. The van der Waals surface area contributed by atoms with Crippen molar-refractivity contribution in [2.24, 2.45) is 5.92 Å². The second-order valence-corrected chi connectivity index (χ2v) is 6.39. The Labute approximate surface area is 122 Å². The molecule has 0 heterocycles. The molecule has 1 rings (SSSR count). The van der Waals surface area contributed by atoms with E-state index < -0.39 is 21.9 Å². The van der Waals surface area contributed by atoms with Crippen molar-refractivity contribution in [2.45, 2.75) is 18.2 Å². The van der Waals surface area contributed by atoms with E-state index in [9.17, 15) is 13.2 Å². The molecule has 0 saturated heterocycles. The number of carbonyl (C=O) groups is 1. The van der Waals surface area contributed by atoms with Gasteiger partial charge in [0.05, 0.1) is 13.0 Å². The van der Waals surface area contributed by atoms with Gasteiger partial charge in [-0.25, -0.2) is 13.1 Å². The predicted molar refractivity (Wildman–Crippen MR) is 74.6 cm³/mol. The third-order valence-electron chi connectivity index (χ3n) is 2.71. The second-order valence-electron chi connectivity index (χ2n) is 4.22. The molecule has 1 aromatic carbocycles. The molecule has 0 aliphatic rings. The number of ether oxygens (including phenoxy) is 1. The summed E-state index contributed by atoms with van der Waals surface area (Å²) in [6.07, 6.45) is 0.199. The van der Waals surface area contributed by atoms with Gasteiger partial charge in [0.15, 0.2) is 0 Å². The van der Waals surface area contributed by atoms with Crippen LogP contribution in [0.25, 0.3) is 0 Å². The van der Waals surface area contributed by atoms with Gasteiger partial charge in [0, 0.05) is 17.6 Å². The van der Waals surface area contributed by atoms with E-state index in [-0.39, 0.29) is 23.6 Å². The minimum atomic E-state index is -3.77. The maximum Gasteiger partial charge on any atom is 0.306 e. The van der Waals surface area contributed by atoms with Gasteiger partial charge in [0.25, 0.3) is 0 Å². The van der Waals surface area contributed by atoms with E-state index in [2.05, 4.69) is 4.72 Å². The molecule has 0 fully saturated rings. The normalized spacial score (nSPS) is 12.9. The first kappa shape index (κ1) is 16.7. The van der Waals surface area contributed by atoms with E-state index in [1.807, 2.05) is 0 Å². The predicted octanol–water partition coefficient (Wildman–Crippen LogP) is 1.74. The van der Waals surface area contributed by atoms with Gasteiger partial charge in [0.2, 0.25) is 10.0 Å². The van der Waals surface area contributed by atoms with Gasteiger partial charge >= 0.3 is 5.97 Å². The molecular formula is C12H16ClNO5S. The molecular weight excluding hydrogens is 306 g/mol. The van der Waals surface area contributed by atoms with Crippen LogP contribution < -0.4 is 9.46 Å². The van der Waals surface area contributed by atoms with Crippen molar-refractivity contribution in [2.75, 3.05) is 13.7 Å². The van der Waals surface area contributed by atoms with Crippen LogP contribution in [0.5, 0.6) is 5.75 Å². The van der Waals surface area contributed by atoms with E-state index in [0.717, 1.165) is 0 Å². The van der Waals surface area contributed by atoms with Crippen molar-refractivity contribution in [1.82, 2.24) is 4.72 Å². The fourth-order valence-electron chi connectivity index (χ4n) is 1.47. The van der Waals surface area contributed by atoms with Crippen LogP contribution in [0.2, 0.25) is 5.02 Å². The van der Waals surface area contributed by atoms with Crippen LogP contribution in [0.1, 0.15) is 13.3 Å². The zero-order chi connectivity index (χ0) is 15.3. The van der Waals surface area contributed by atoms with Crippen LogP contribution in [0.15, 0.2) is 23.1 Å². The monoisotopic (exact) mass is 321 g/mol. The van der Waals surface area contributed by atoms with Crippen LogP contribution in [0, 0.1) is 5.92 Å². The summed E-state index contributed by atoms with van der Waals surface area (Å²) in [6, 6.07) is 4.18. The first-order valence-electron chi connectivity index (χ1n) is 5.84. The first-order valence-corrected chi connectivity index (χ1v) is 7.70. The third-order valence-corrected chi connectivity index (χ3v) is 4.44. The van der Waals surface area contributed by atoms with Gasteiger partial charge in [0.1, 0.15) is 10.6 Å².